The number of aromatic nitrogens is 1. The van der Waals surface area contributed by atoms with Gasteiger partial charge in [-0.15, -0.1) is 0 Å². The molecule has 14 heteroatoms. The van der Waals surface area contributed by atoms with Gasteiger partial charge in [-0.2, -0.15) is 0 Å². The van der Waals surface area contributed by atoms with Crippen LogP contribution in [-0.4, -0.2) is 82.9 Å². The fraction of sp³-hybridized carbons (Fsp3) is 0.607. The van der Waals surface area contributed by atoms with E-state index >= 15 is 0 Å². The number of nitrogens with one attached hydrogen (secondary N) is 5. The Labute approximate surface area is 245 Å². The zero-order chi connectivity index (χ0) is 31.1. The lowest BCUT2D eigenvalue weighted by molar-refractivity contribution is -0.138. The van der Waals surface area contributed by atoms with Gasteiger partial charge in [0, 0.05) is 19.2 Å². The second-order valence-electron chi connectivity index (χ2n) is 10.8. The monoisotopic (exact) mass is 589 g/mol. The van der Waals surface area contributed by atoms with Crippen molar-refractivity contribution in [1.29, 1.82) is 0 Å². The third-order valence-electron chi connectivity index (χ3n) is 6.76. The van der Waals surface area contributed by atoms with Gasteiger partial charge in [-0.05, 0) is 69.5 Å². The minimum absolute atomic E-state index is 0.0355. The molecular weight excluding hydrogens is 546 g/mol. The molecule has 1 aliphatic rings. The molecule has 1 aliphatic heterocycles. The van der Waals surface area contributed by atoms with Crippen molar-refractivity contribution in [2.24, 2.45) is 11.7 Å². The van der Waals surface area contributed by atoms with Gasteiger partial charge in [0.15, 0.2) is 0 Å². The quantitative estimate of drug-likeness (QED) is 0.110. The van der Waals surface area contributed by atoms with Gasteiger partial charge in [0.05, 0.1) is 6.04 Å². The zero-order valence-corrected chi connectivity index (χ0v) is 24.2. The predicted molar refractivity (Wildman–Crippen MR) is 153 cm³/mol. The van der Waals surface area contributed by atoms with Gasteiger partial charge in [0.25, 0.3) is 5.91 Å². The molecule has 5 amide bonds. The van der Waals surface area contributed by atoms with Crippen LogP contribution in [0.2, 0.25) is 0 Å². The summed E-state index contributed by atoms with van der Waals surface area (Å²) < 4.78 is 0. The van der Waals surface area contributed by atoms with E-state index in [1.807, 2.05) is 13.8 Å². The second-order valence-corrected chi connectivity index (χ2v) is 10.8. The summed E-state index contributed by atoms with van der Waals surface area (Å²) in [6.07, 6.45) is 4.09. The van der Waals surface area contributed by atoms with E-state index in [1.165, 1.54) is 12.3 Å². The smallest absolute Gasteiger partial charge is 0.303 e. The number of amides is 5. The molecule has 1 aromatic heterocycles. The number of unbranched alkanes of at least 4 members (excludes halogenated alkanes) is 1. The molecule has 0 bridgehead atoms. The molecule has 0 aromatic carbocycles. The molecule has 0 radical (unpaired) electrons. The van der Waals surface area contributed by atoms with Crippen molar-refractivity contribution in [3.63, 3.8) is 0 Å². The van der Waals surface area contributed by atoms with Gasteiger partial charge in [-0.1, -0.05) is 19.9 Å². The number of carboxylic acid groups (broad SMARTS) is 1. The molecule has 0 unspecified atom stereocenters. The number of nitrogens with two attached hydrogens (primary N) is 1. The first-order valence-corrected chi connectivity index (χ1v) is 14.3. The number of pyridine rings is 1. The van der Waals surface area contributed by atoms with Crippen LogP contribution >= 0.6 is 0 Å². The molecule has 2 heterocycles. The largest absolute Gasteiger partial charge is 0.481 e. The molecular formula is C28H43N7O7. The molecule has 2 rings (SSSR count). The first-order chi connectivity index (χ1) is 20.0. The summed E-state index contributed by atoms with van der Waals surface area (Å²) in [5, 5.41) is 22.8. The van der Waals surface area contributed by atoms with Crippen LogP contribution in [0.5, 0.6) is 0 Å². The third kappa shape index (κ3) is 12.2. The van der Waals surface area contributed by atoms with E-state index in [4.69, 9.17) is 10.8 Å². The summed E-state index contributed by atoms with van der Waals surface area (Å²) in [4.78, 5) is 78.3. The SMILES string of the molecule is CC(C)C[C@H](NC(=O)[C@H](CCCCNC(=O)[C@H]1CCCN1)NC(=O)c1ccccn1)C(=O)N[C@@H](CCC(=O)O)C(N)=O. The highest BCUT2D eigenvalue weighted by atomic mass is 16.4. The number of hydrogen-bond acceptors (Lipinski definition) is 8. The van der Waals surface area contributed by atoms with E-state index in [0.29, 0.717) is 19.4 Å². The van der Waals surface area contributed by atoms with Crippen molar-refractivity contribution in [3.05, 3.63) is 30.1 Å². The second kappa shape index (κ2) is 17.7. The fourth-order valence-electron chi connectivity index (χ4n) is 4.52. The molecule has 4 atom stereocenters. The first-order valence-electron chi connectivity index (χ1n) is 14.3. The van der Waals surface area contributed by atoms with Crippen molar-refractivity contribution in [3.8, 4) is 0 Å². The van der Waals surface area contributed by atoms with E-state index < -0.39 is 47.7 Å². The van der Waals surface area contributed by atoms with Crippen molar-refractivity contribution in [2.75, 3.05) is 13.1 Å². The van der Waals surface area contributed by atoms with Crippen LogP contribution in [0, 0.1) is 5.92 Å². The van der Waals surface area contributed by atoms with Crippen LogP contribution in [0.25, 0.3) is 0 Å². The molecule has 1 saturated heterocycles. The maximum absolute atomic E-state index is 13.4. The van der Waals surface area contributed by atoms with Crippen molar-refractivity contribution < 1.29 is 33.9 Å². The number of rotatable bonds is 18. The van der Waals surface area contributed by atoms with E-state index in [-0.39, 0.29) is 49.2 Å². The Balaban J connectivity index is 2.07. The first kappa shape index (κ1) is 34.1. The van der Waals surface area contributed by atoms with Crippen molar-refractivity contribution in [1.82, 2.24) is 31.6 Å². The minimum Gasteiger partial charge on any atom is -0.481 e. The maximum atomic E-state index is 13.4. The van der Waals surface area contributed by atoms with Crippen LogP contribution in [0.1, 0.15) is 75.7 Å². The summed E-state index contributed by atoms with van der Waals surface area (Å²) in [5.74, 6) is -4.01. The number of aliphatic carboxylic acids is 1. The molecule has 232 valence electrons. The average Bonchev–Trinajstić information content (AvgIpc) is 3.49. The highest BCUT2D eigenvalue weighted by Gasteiger charge is 2.30. The van der Waals surface area contributed by atoms with Gasteiger partial charge in [-0.25, -0.2) is 0 Å². The molecule has 1 fully saturated rings. The standard InChI is InChI=1S/C28H43N7O7/c1-17(2)16-22(28(42)33-18(24(29)38)11-12-23(36)37)35-27(41)21(34-26(40)20-8-3-5-13-30-20)9-4-6-14-32-25(39)19-10-7-15-31-19/h3,5,8,13,17-19,21-22,31H,4,6-7,9-12,14-16H2,1-2H3,(H2,29,38)(H,32,39)(H,33,42)(H,34,40)(H,35,41)(H,36,37)/t18-,19+,21-,22-/m0/s1. The summed E-state index contributed by atoms with van der Waals surface area (Å²) in [5.41, 5.74) is 5.47. The van der Waals surface area contributed by atoms with E-state index in [0.717, 1.165) is 19.4 Å². The van der Waals surface area contributed by atoms with Crippen LogP contribution in [0.15, 0.2) is 24.4 Å². The maximum Gasteiger partial charge on any atom is 0.303 e. The average molecular weight is 590 g/mol. The Morgan fingerprint density at radius 3 is 2.31 bits per heavy atom. The number of carbonyl (C=O) groups is 6. The summed E-state index contributed by atoms with van der Waals surface area (Å²) in [6.45, 7) is 4.91. The molecule has 0 spiro atoms. The lowest BCUT2D eigenvalue weighted by atomic mass is 10.0. The highest BCUT2D eigenvalue weighted by molar-refractivity contribution is 5.97. The van der Waals surface area contributed by atoms with Crippen LogP contribution in [0.3, 0.4) is 0 Å². The molecule has 42 heavy (non-hydrogen) atoms. The number of carboxylic acids is 1. The van der Waals surface area contributed by atoms with Crippen LogP contribution in [0.4, 0.5) is 0 Å². The molecule has 0 saturated carbocycles. The molecule has 0 aliphatic carbocycles. The zero-order valence-electron chi connectivity index (χ0n) is 24.2. The Morgan fingerprint density at radius 1 is 1.00 bits per heavy atom. The molecule has 8 N–H and O–H groups in total. The Morgan fingerprint density at radius 2 is 1.71 bits per heavy atom. The number of primary amides is 1. The van der Waals surface area contributed by atoms with Crippen molar-refractivity contribution in [2.45, 2.75) is 89.4 Å². The van der Waals surface area contributed by atoms with Gasteiger partial charge in [0.1, 0.15) is 23.8 Å². The van der Waals surface area contributed by atoms with Gasteiger partial charge < -0.3 is 37.4 Å². The van der Waals surface area contributed by atoms with E-state index in [1.54, 1.807) is 12.1 Å². The summed E-state index contributed by atoms with van der Waals surface area (Å²) >= 11 is 0. The third-order valence-corrected chi connectivity index (χ3v) is 6.76. The van der Waals surface area contributed by atoms with Crippen LogP contribution in [-0.2, 0) is 24.0 Å². The van der Waals surface area contributed by atoms with E-state index in [9.17, 15) is 28.8 Å². The summed E-state index contributed by atoms with van der Waals surface area (Å²) in [6, 6.07) is 1.29. The molecule has 1 aromatic rings. The van der Waals surface area contributed by atoms with Gasteiger partial charge in [0.2, 0.25) is 23.6 Å². The molecule has 14 nitrogen and oxygen atoms in total. The summed E-state index contributed by atoms with van der Waals surface area (Å²) in [7, 11) is 0. The Kier molecular flexibility index (Phi) is 14.4. The lowest BCUT2D eigenvalue weighted by Crippen LogP contribution is -2.56. The minimum atomic E-state index is -1.23. The van der Waals surface area contributed by atoms with Gasteiger partial charge >= 0.3 is 5.97 Å². The van der Waals surface area contributed by atoms with Crippen LogP contribution < -0.4 is 32.3 Å². The Bertz CT molecular complexity index is 1080. The van der Waals surface area contributed by atoms with E-state index in [2.05, 4.69) is 31.6 Å². The number of nitrogens with zero attached hydrogens (tertiary/aromatic N) is 1. The topological polar surface area (TPSA) is 222 Å². The normalized spacial score (nSPS) is 16.6. The lowest BCUT2D eigenvalue weighted by Gasteiger charge is -2.25. The highest BCUT2D eigenvalue weighted by Crippen LogP contribution is 2.10. The van der Waals surface area contributed by atoms with Gasteiger partial charge in [-0.3, -0.25) is 33.8 Å². The number of hydrogen-bond donors (Lipinski definition) is 7. The number of carbonyl (C=O) groups excluding carboxylic acids is 5. The predicted octanol–water partition coefficient (Wildman–Crippen LogP) is -0.416. The van der Waals surface area contributed by atoms with Crippen molar-refractivity contribution >= 4 is 35.5 Å². The Hall–Kier alpha value is -4.07. The fourth-order valence-corrected chi connectivity index (χ4v) is 4.52.